The van der Waals surface area contributed by atoms with E-state index in [1.54, 1.807) is 6.07 Å². The van der Waals surface area contributed by atoms with Crippen LogP contribution in [0.5, 0.6) is 17.2 Å². The fourth-order valence-electron chi connectivity index (χ4n) is 4.02. The van der Waals surface area contributed by atoms with E-state index < -0.39 is 11.2 Å². The van der Waals surface area contributed by atoms with Crippen LogP contribution >= 0.6 is 0 Å². The Morgan fingerprint density at radius 2 is 1.82 bits per heavy atom. The second kappa shape index (κ2) is 7.70. The van der Waals surface area contributed by atoms with Crippen LogP contribution in [0.15, 0.2) is 36.4 Å². The molecular weight excluding hydrogens is 363 g/mol. The maximum atomic E-state index is 13.9. The maximum Gasteiger partial charge on any atom is 0.316 e. The first-order valence-electron chi connectivity index (χ1n) is 9.52. The third kappa shape index (κ3) is 3.39. The number of rotatable bonds is 5. The summed E-state index contributed by atoms with van der Waals surface area (Å²) in [5.41, 5.74) is 0.781. The van der Waals surface area contributed by atoms with Crippen molar-refractivity contribution >= 4 is 5.97 Å². The van der Waals surface area contributed by atoms with Crippen molar-refractivity contribution in [1.29, 1.82) is 0 Å². The van der Waals surface area contributed by atoms with Crippen LogP contribution in [0.2, 0.25) is 0 Å². The van der Waals surface area contributed by atoms with E-state index >= 15 is 0 Å². The first-order valence-corrected chi connectivity index (χ1v) is 9.52. The number of ether oxygens (including phenoxy) is 4. The van der Waals surface area contributed by atoms with Crippen molar-refractivity contribution in [3.05, 3.63) is 53.3 Å². The van der Waals surface area contributed by atoms with E-state index in [0.717, 1.165) is 31.2 Å². The minimum atomic E-state index is -0.694. The summed E-state index contributed by atoms with van der Waals surface area (Å²) in [7, 11) is 1.41. The van der Waals surface area contributed by atoms with Crippen molar-refractivity contribution < 1.29 is 28.1 Å². The average Bonchev–Trinajstić information content (AvgIpc) is 3.23. The van der Waals surface area contributed by atoms with Crippen LogP contribution in [-0.2, 0) is 21.6 Å². The number of hydrogen-bond acceptors (Lipinski definition) is 5. The van der Waals surface area contributed by atoms with Gasteiger partial charge in [0, 0.05) is 0 Å². The molecule has 0 aromatic heterocycles. The number of carbonyl (C=O) groups excluding carboxylic acids is 1. The summed E-state index contributed by atoms with van der Waals surface area (Å²) >= 11 is 0. The Kier molecular flexibility index (Phi) is 5.11. The first-order chi connectivity index (χ1) is 13.6. The minimum Gasteiger partial charge on any atom is -0.494 e. The van der Waals surface area contributed by atoms with E-state index in [9.17, 15) is 9.18 Å². The quantitative estimate of drug-likeness (QED) is 0.723. The van der Waals surface area contributed by atoms with E-state index in [-0.39, 0.29) is 18.3 Å². The molecule has 1 aliphatic heterocycles. The number of esters is 1. The minimum absolute atomic E-state index is 0.0199. The van der Waals surface area contributed by atoms with Crippen LogP contribution in [0, 0.1) is 5.82 Å². The third-order valence-corrected chi connectivity index (χ3v) is 5.53. The Morgan fingerprint density at radius 3 is 2.54 bits per heavy atom. The molecule has 0 bridgehead atoms. The highest BCUT2D eigenvalue weighted by molar-refractivity contribution is 5.84. The van der Waals surface area contributed by atoms with Gasteiger partial charge in [-0.2, -0.15) is 0 Å². The van der Waals surface area contributed by atoms with Crippen LogP contribution in [-0.4, -0.2) is 26.3 Å². The van der Waals surface area contributed by atoms with Gasteiger partial charge in [-0.3, -0.25) is 4.79 Å². The van der Waals surface area contributed by atoms with Crippen LogP contribution in [0.1, 0.15) is 36.8 Å². The number of benzene rings is 2. The molecule has 2 aromatic rings. The van der Waals surface area contributed by atoms with Gasteiger partial charge in [0.05, 0.1) is 12.5 Å². The van der Waals surface area contributed by atoms with Crippen LogP contribution in [0.3, 0.4) is 0 Å². The monoisotopic (exact) mass is 386 g/mol. The molecule has 4 rings (SSSR count). The Morgan fingerprint density at radius 1 is 1.07 bits per heavy atom. The molecule has 0 unspecified atom stereocenters. The number of hydrogen-bond donors (Lipinski definition) is 0. The van der Waals surface area contributed by atoms with Gasteiger partial charge in [0.2, 0.25) is 0 Å². The predicted octanol–water partition coefficient (Wildman–Crippen LogP) is 4.16. The molecule has 6 heteroatoms. The Hall–Kier alpha value is -2.76. The number of methoxy groups -OCH3 is 1. The van der Waals surface area contributed by atoms with Crippen molar-refractivity contribution in [2.24, 2.45) is 0 Å². The summed E-state index contributed by atoms with van der Waals surface area (Å²) < 4.78 is 35.7. The summed E-state index contributed by atoms with van der Waals surface area (Å²) in [5, 5.41) is 0. The molecule has 0 amide bonds. The third-order valence-electron chi connectivity index (χ3n) is 5.53. The number of carbonyl (C=O) groups is 1. The molecule has 0 saturated heterocycles. The topological polar surface area (TPSA) is 54.0 Å². The van der Waals surface area contributed by atoms with E-state index in [1.807, 2.05) is 18.2 Å². The van der Waals surface area contributed by atoms with E-state index in [0.29, 0.717) is 30.3 Å². The Bertz CT molecular complexity index is 873. The molecule has 0 spiro atoms. The van der Waals surface area contributed by atoms with Gasteiger partial charge in [0.25, 0.3) is 0 Å². The number of halogens is 1. The van der Waals surface area contributed by atoms with Gasteiger partial charge in [-0.15, -0.1) is 0 Å². The van der Waals surface area contributed by atoms with Gasteiger partial charge in [-0.05, 0) is 48.2 Å². The molecule has 0 radical (unpaired) electrons. The maximum absolute atomic E-state index is 13.9. The highest BCUT2D eigenvalue weighted by atomic mass is 19.1. The zero-order valence-corrected chi connectivity index (χ0v) is 15.8. The van der Waals surface area contributed by atoms with Crippen molar-refractivity contribution in [2.45, 2.75) is 37.7 Å². The van der Waals surface area contributed by atoms with Crippen LogP contribution in [0.4, 0.5) is 4.39 Å². The SMILES string of the molecule is COc1ccc(COC(=O)C2(c3ccc4c(c3)OCCO4)CCCC2)cc1F. The molecule has 1 saturated carbocycles. The molecule has 0 N–H and O–H groups in total. The van der Waals surface area contributed by atoms with Crippen LogP contribution < -0.4 is 14.2 Å². The van der Waals surface area contributed by atoms with Gasteiger partial charge in [0.1, 0.15) is 19.8 Å². The van der Waals surface area contributed by atoms with Gasteiger partial charge >= 0.3 is 5.97 Å². The van der Waals surface area contributed by atoms with E-state index in [2.05, 4.69) is 0 Å². The van der Waals surface area contributed by atoms with Crippen molar-refractivity contribution in [1.82, 2.24) is 0 Å². The van der Waals surface area contributed by atoms with Gasteiger partial charge in [-0.25, -0.2) is 4.39 Å². The fourth-order valence-corrected chi connectivity index (χ4v) is 4.02. The number of fused-ring (bicyclic) bond motifs is 1. The molecule has 5 nitrogen and oxygen atoms in total. The molecular formula is C22H23FO5. The fraction of sp³-hybridized carbons (Fsp3) is 0.409. The lowest BCUT2D eigenvalue weighted by Crippen LogP contribution is -2.34. The largest absolute Gasteiger partial charge is 0.494 e. The van der Waals surface area contributed by atoms with Gasteiger partial charge in [-0.1, -0.05) is 25.0 Å². The summed E-state index contributed by atoms with van der Waals surface area (Å²) in [4.78, 5) is 13.1. The second-order valence-electron chi connectivity index (χ2n) is 7.19. The standard InChI is InChI=1S/C22H23FO5/c1-25-18-6-4-15(12-17(18)23)14-28-21(24)22(8-2-3-9-22)16-5-7-19-20(13-16)27-11-10-26-19/h4-7,12-13H,2-3,8-11,14H2,1H3. The van der Waals surface area contributed by atoms with Gasteiger partial charge < -0.3 is 18.9 Å². The zero-order chi connectivity index (χ0) is 19.6. The summed E-state index contributed by atoms with van der Waals surface area (Å²) in [6, 6.07) is 10.2. The second-order valence-corrected chi connectivity index (χ2v) is 7.19. The molecule has 0 atom stereocenters. The van der Waals surface area contributed by atoms with E-state index in [1.165, 1.54) is 19.2 Å². The Balaban J connectivity index is 1.54. The highest BCUT2D eigenvalue weighted by Gasteiger charge is 2.44. The first kappa shape index (κ1) is 18.6. The highest BCUT2D eigenvalue weighted by Crippen LogP contribution is 2.45. The summed E-state index contributed by atoms with van der Waals surface area (Å²) in [5.74, 6) is 0.778. The molecule has 1 aliphatic carbocycles. The van der Waals surface area contributed by atoms with Crippen molar-refractivity contribution in [3.8, 4) is 17.2 Å². The Labute approximate surface area is 163 Å². The zero-order valence-electron chi connectivity index (χ0n) is 15.8. The molecule has 1 fully saturated rings. The smallest absolute Gasteiger partial charge is 0.316 e. The van der Waals surface area contributed by atoms with Crippen molar-refractivity contribution in [2.75, 3.05) is 20.3 Å². The predicted molar refractivity (Wildman–Crippen MR) is 100 cm³/mol. The molecule has 1 heterocycles. The lowest BCUT2D eigenvalue weighted by molar-refractivity contribution is -0.152. The lowest BCUT2D eigenvalue weighted by atomic mass is 9.78. The molecule has 2 aliphatic rings. The normalized spacial score (nSPS) is 17.2. The molecule has 148 valence electrons. The summed E-state index contributed by atoms with van der Waals surface area (Å²) in [6.45, 7) is 1.04. The lowest BCUT2D eigenvalue weighted by Gasteiger charge is -2.29. The van der Waals surface area contributed by atoms with E-state index in [4.69, 9.17) is 18.9 Å². The van der Waals surface area contributed by atoms with Gasteiger partial charge in [0.15, 0.2) is 23.1 Å². The van der Waals surface area contributed by atoms with Crippen molar-refractivity contribution in [3.63, 3.8) is 0 Å². The van der Waals surface area contributed by atoms with Crippen LogP contribution in [0.25, 0.3) is 0 Å². The average molecular weight is 386 g/mol. The molecule has 28 heavy (non-hydrogen) atoms. The summed E-state index contributed by atoms with van der Waals surface area (Å²) in [6.07, 6.45) is 3.37. The molecule has 2 aromatic carbocycles.